The number of nitrogens with one attached hydrogen (secondary N) is 1. The molecule has 1 aliphatic heterocycles. The predicted molar refractivity (Wildman–Crippen MR) is 92.0 cm³/mol. The Balaban J connectivity index is 1.44. The molecule has 0 bridgehead atoms. The second-order valence-corrected chi connectivity index (χ2v) is 6.38. The van der Waals surface area contributed by atoms with E-state index < -0.39 is 0 Å². The maximum atomic E-state index is 12.6. The summed E-state index contributed by atoms with van der Waals surface area (Å²) >= 11 is 0. The first-order chi connectivity index (χ1) is 12.2. The largest absolute Gasteiger partial charge is 0.349 e. The van der Waals surface area contributed by atoms with Crippen molar-refractivity contribution in [3.63, 3.8) is 0 Å². The van der Waals surface area contributed by atoms with Crippen LogP contribution in [0.3, 0.4) is 0 Å². The number of aromatic nitrogens is 5. The highest BCUT2D eigenvalue weighted by Gasteiger charge is 2.27. The fourth-order valence-electron chi connectivity index (χ4n) is 3.24. The number of benzene rings is 1. The molecule has 2 atom stereocenters. The van der Waals surface area contributed by atoms with E-state index in [1.165, 1.54) is 0 Å². The van der Waals surface area contributed by atoms with E-state index in [2.05, 4.69) is 26.4 Å². The van der Waals surface area contributed by atoms with E-state index >= 15 is 0 Å². The molecule has 7 heteroatoms. The van der Waals surface area contributed by atoms with E-state index in [-0.39, 0.29) is 17.9 Å². The lowest BCUT2D eigenvalue weighted by Gasteiger charge is -2.24. The summed E-state index contributed by atoms with van der Waals surface area (Å²) in [5.41, 5.74) is 2.10. The topological polar surface area (TPSA) is 77.6 Å². The van der Waals surface area contributed by atoms with Gasteiger partial charge in [0.15, 0.2) is 0 Å². The van der Waals surface area contributed by atoms with Gasteiger partial charge in [-0.3, -0.25) is 9.48 Å². The van der Waals surface area contributed by atoms with Crippen molar-refractivity contribution in [1.29, 1.82) is 0 Å². The second-order valence-electron chi connectivity index (χ2n) is 6.38. The van der Waals surface area contributed by atoms with Crippen LogP contribution < -0.4 is 5.32 Å². The highest BCUT2D eigenvalue weighted by Crippen LogP contribution is 2.21. The molecule has 1 aromatic carbocycles. The SMILES string of the molecule is C[C@@H](NC(=O)C1CCn2ncnc2C1)c1cccc(-n2ccnc2)c1. The summed E-state index contributed by atoms with van der Waals surface area (Å²) in [7, 11) is 0. The molecule has 1 N–H and O–H groups in total. The number of aryl methyl sites for hydroxylation is 1. The number of hydrogen-bond donors (Lipinski definition) is 1. The molecule has 0 aliphatic carbocycles. The molecule has 0 fully saturated rings. The monoisotopic (exact) mass is 336 g/mol. The zero-order valence-electron chi connectivity index (χ0n) is 14.0. The Hall–Kier alpha value is -2.96. The van der Waals surface area contributed by atoms with E-state index in [4.69, 9.17) is 0 Å². The van der Waals surface area contributed by atoms with Crippen LogP contribution in [-0.4, -0.2) is 30.2 Å². The van der Waals surface area contributed by atoms with Gasteiger partial charge >= 0.3 is 0 Å². The predicted octanol–water partition coefficient (Wildman–Crippen LogP) is 1.90. The minimum absolute atomic E-state index is 0.0454. The molecule has 3 aromatic rings. The van der Waals surface area contributed by atoms with Gasteiger partial charge in [0.1, 0.15) is 12.2 Å². The molecule has 7 nitrogen and oxygen atoms in total. The van der Waals surface area contributed by atoms with Crippen LogP contribution in [0.2, 0.25) is 0 Å². The van der Waals surface area contributed by atoms with E-state index in [9.17, 15) is 4.79 Å². The van der Waals surface area contributed by atoms with Crippen molar-refractivity contribution in [3.05, 3.63) is 60.7 Å². The number of hydrogen-bond acceptors (Lipinski definition) is 4. The highest BCUT2D eigenvalue weighted by molar-refractivity contribution is 5.79. The minimum atomic E-state index is -0.0595. The van der Waals surface area contributed by atoms with Crippen LogP contribution in [0.1, 0.15) is 30.8 Å². The van der Waals surface area contributed by atoms with E-state index in [1.54, 1.807) is 18.9 Å². The van der Waals surface area contributed by atoms with Crippen LogP contribution in [-0.2, 0) is 17.8 Å². The summed E-state index contributed by atoms with van der Waals surface area (Å²) in [5.74, 6) is 0.923. The summed E-state index contributed by atoms with van der Waals surface area (Å²) in [6.07, 6.45) is 8.41. The van der Waals surface area contributed by atoms with E-state index in [0.29, 0.717) is 6.42 Å². The van der Waals surface area contributed by atoms with Crippen molar-refractivity contribution >= 4 is 5.91 Å². The van der Waals surface area contributed by atoms with Gasteiger partial charge in [-0.05, 0) is 31.0 Å². The molecule has 3 heterocycles. The normalized spacial score (nSPS) is 17.7. The average molecular weight is 336 g/mol. The quantitative estimate of drug-likeness (QED) is 0.789. The Morgan fingerprint density at radius 3 is 3.16 bits per heavy atom. The Morgan fingerprint density at radius 2 is 2.32 bits per heavy atom. The van der Waals surface area contributed by atoms with Crippen molar-refractivity contribution in [2.75, 3.05) is 0 Å². The van der Waals surface area contributed by atoms with Gasteiger partial charge in [-0.25, -0.2) is 9.97 Å². The first-order valence-electron chi connectivity index (χ1n) is 8.46. The van der Waals surface area contributed by atoms with Crippen LogP contribution >= 0.6 is 0 Å². The molecule has 2 aromatic heterocycles. The van der Waals surface area contributed by atoms with Crippen LogP contribution in [0.5, 0.6) is 0 Å². The Labute approximate surface area is 145 Å². The molecule has 1 unspecified atom stereocenters. The third kappa shape index (κ3) is 3.17. The van der Waals surface area contributed by atoms with E-state index in [1.807, 2.05) is 40.6 Å². The third-order valence-corrected chi connectivity index (χ3v) is 4.72. The van der Waals surface area contributed by atoms with Gasteiger partial charge in [-0.2, -0.15) is 5.10 Å². The van der Waals surface area contributed by atoms with Gasteiger partial charge in [0.05, 0.1) is 12.4 Å². The van der Waals surface area contributed by atoms with Gasteiger partial charge in [0.25, 0.3) is 0 Å². The van der Waals surface area contributed by atoms with Gasteiger partial charge in [-0.1, -0.05) is 12.1 Å². The van der Waals surface area contributed by atoms with Crippen molar-refractivity contribution in [2.45, 2.75) is 32.4 Å². The molecule has 0 radical (unpaired) electrons. The lowest BCUT2D eigenvalue weighted by atomic mass is 9.96. The van der Waals surface area contributed by atoms with Crippen LogP contribution in [0, 0.1) is 5.92 Å². The summed E-state index contributed by atoms with van der Waals surface area (Å²) < 4.78 is 3.83. The van der Waals surface area contributed by atoms with Gasteiger partial charge in [0, 0.05) is 37.0 Å². The Bertz CT molecular complexity index is 869. The molecule has 1 amide bonds. The van der Waals surface area contributed by atoms with Gasteiger partial charge in [0.2, 0.25) is 5.91 Å². The van der Waals surface area contributed by atoms with E-state index in [0.717, 1.165) is 30.0 Å². The molecular formula is C18H20N6O. The summed E-state index contributed by atoms with van der Waals surface area (Å²) in [6, 6.07) is 8.06. The molecule has 1 aliphatic rings. The highest BCUT2D eigenvalue weighted by atomic mass is 16.1. The molecule has 128 valence electrons. The van der Waals surface area contributed by atoms with Gasteiger partial charge < -0.3 is 9.88 Å². The molecular weight excluding hydrogens is 316 g/mol. The molecule has 0 saturated heterocycles. The first kappa shape index (κ1) is 15.6. The maximum Gasteiger partial charge on any atom is 0.224 e. The fraction of sp³-hybridized carbons (Fsp3) is 0.333. The molecule has 4 rings (SSSR count). The van der Waals surface area contributed by atoms with Crippen molar-refractivity contribution in [1.82, 2.24) is 29.6 Å². The van der Waals surface area contributed by atoms with Crippen molar-refractivity contribution in [2.24, 2.45) is 5.92 Å². The first-order valence-corrected chi connectivity index (χ1v) is 8.46. The number of fused-ring (bicyclic) bond motifs is 1. The number of amides is 1. The molecule has 0 spiro atoms. The zero-order chi connectivity index (χ0) is 17.2. The lowest BCUT2D eigenvalue weighted by molar-refractivity contribution is -0.126. The maximum absolute atomic E-state index is 12.6. The van der Waals surface area contributed by atoms with Crippen LogP contribution in [0.15, 0.2) is 49.3 Å². The van der Waals surface area contributed by atoms with Crippen LogP contribution in [0.25, 0.3) is 5.69 Å². The Morgan fingerprint density at radius 1 is 1.40 bits per heavy atom. The molecule has 0 saturated carbocycles. The number of imidazole rings is 1. The number of carbonyl (C=O) groups is 1. The number of nitrogens with zero attached hydrogens (tertiary/aromatic N) is 5. The summed E-state index contributed by atoms with van der Waals surface area (Å²) in [6.45, 7) is 2.76. The van der Waals surface area contributed by atoms with Crippen molar-refractivity contribution < 1.29 is 4.79 Å². The summed E-state index contributed by atoms with van der Waals surface area (Å²) in [4.78, 5) is 21.0. The fourth-order valence-corrected chi connectivity index (χ4v) is 3.24. The number of carbonyl (C=O) groups excluding carboxylic acids is 1. The minimum Gasteiger partial charge on any atom is -0.349 e. The standard InChI is InChI=1S/C18H20N6O/c1-13(14-3-2-4-16(9-14)23-8-6-19-12-23)22-18(25)15-5-7-24-17(10-15)20-11-21-24/h2-4,6,8-9,11-13,15H,5,7,10H2,1H3,(H,22,25)/t13-,15?/m1/s1. The average Bonchev–Trinajstić information content (AvgIpc) is 3.32. The zero-order valence-corrected chi connectivity index (χ0v) is 14.0. The smallest absolute Gasteiger partial charge is 0.224 e. The summed E-state index contributed by atoms with van der Waals surface area (Å²) in [5, 5.41) is 7.30. The lowest BCUT2D eigenvalue weighted by Crippen LogP contribution is -2.37. The Kier molecular flexibility index (Phi) is 4.05. The second kappa shape index (κ2) is 6.51. The molecule has 25 heavy (non-hydrogen) atoms. The van der Waals surface area contributed by atoms with Crippen molar-refractivity contribution in [3.8, 4) is 5.69 Å². The third-order valence-electron chi connectivity index (χ3n) is 4.72. The number of rotatable bonds is 4. The van der Waals surface area contributed by atoms with Crippen LogP contribution in [0.4, 0.5) is 0 Å². The van der Waals surface area contributed by atoms with Gasteiger partial charge in [-0.15, -0.1) is 0 Å².